The summed E-state index contributed by atoms with van der Waals surface area (Å²) in [5.41, 5.74) is -0.422. The van der Waals surface area contributed by atoms with Gasteiger partial charge in [-0.3, -0.25) is 0 Å². The molecule has 9 nitrogen and oxygen atoms in total. The molecular formula is C17H20N2O7. The van der Waals surface area contributed by atoms with Gasteiger partial charge >= 0.3 is 17.9 Å². The van der Waals surface area contributed by atoms with Crippen molar-refractivity contribution >= 4 is 28.9 Å². The molecule has 9 heteroatoms. The van der Waals surface area contributed by atoms with Gasteiger partial charge in [0.1, 0.15) is 5.65 Å². The fraction of sp³-hybridized carbons (Fsp3) is 0.412. The first-order valence-electron chi connectivity index (χ1n) is 8.10. The van der Waals surface area contributed by atoms with Gasteiger partial charge in [0, 0.05) is 7.05 Å². The molecule has 0 aliphatic rings. The van der Waals surface area contributed by atoms with Crippen LogP contribution < -0.4 is 0 Å². The lowest BCUT2D eigenvalue weighted by atomic mass is 10.1. The predicted molar refractivity (Wildman–Crippen MR) is 90.2 cm³/mol. The number of hydrogen-bond donors (Lipinski definition) is 1. The molecule has 0 saturated carbocycles. The fourth-order valence-electron chi connectivity index (χ4n) is 2.48. The van der Waals surface area contributed by atoms with Crippen LogP contribution >= 0.6 is 0 Å². The number of hydrogen-bond acceptors (Lipinski definition) is 8. The van der Waals surface area contributed by atoms with E-state index in [9.17, 15) is 19.5 Å². The molecule has 0 fully saturated rings. The third-order valence-corrected chi connectivity index (χ3v) is 3.57. The van der Waals surface area contributed by atoms with Gasteiger partial charge in [0.25, 0.3) is 0 Å². The number of carbonyl (C=O) groups excluding carboxylic acids is 3. The average Bonchev–Trinajstić information content (AvgIpc) is 2.85. The van der Waals surface area contributed by atoms with Gasteiger partial charge in [-0.15, -0.1) is 0 Å². The van der Waals surface area contributed by atoms with Crippen molar-refractivity contribution in [3.05, 3.63) is 23.0 Å². The van der Waals surface area contributed by atoms with Crippen molar-refractivity contribution in [3.63, 3.8) is 0 Å². The lowest BCUT2D eigenvalue weighted by molar-refractivity contribution is 0.0474. The van der Waals surface area contributed by atoms with Crippen molar-refractivity contribution in [3.8, 4) is 5.75 Å². The Balaban J connectivity index is 2.75. The van der Waals surface area contributed by atoms with E-state index in [1.165, 1.54) is 17.7 Å². The predicted octanol–water partition coefficient (Wildman–Crippen LogP) is 1.81. The summed E-state index contributed by atoms with van der Waals surface area (Å²) in [6.45, 7) is 5.17. The van der Waals surface area contributed by atoms with E-state index in [2.05, 4.69) is 4.98 Å². The molecule has 2 rings (SSSR count). The highest BCUT2D eigenvalue weighted by Gasteiger charge is 2.28. The number of carbonyl (C=O) groups is 3. The summed E-state index contributed by atoms with van der Waals surface area (Å²) in [6.07, 6.45) is 0. The molecule has 2 heterocycles. The summed E-state index contributed by atoms with van der Waals surface area (Å²) in [5, 5.41) is 10.5. The molecule has 0 aromatic carbocycles. The zero-order valence-electron chi connectivity index (χ0n) is 15.0. The van der Waals surface area contributed by atoms with Gasteiger partial charge in [0.05, 0.1) is 30.8 Å². The normalized spacial score (nSPS) is 10.6. The van der Waals surface area contributed by atoms with Crippen LogP contribution in [0.2, 0.25) is 0 Å². The number of esters is 3. The van der Waals surface area contributed by atoms with E-state index in [4.69, 9.17) is 14.2 Å². The highest BCUT2D eigenvalue weighted by atomic mass is 16.5. The molecule has 0 unspecified atom stereocenters. The maximum Gasteiger partial charge on any atom is 0.358 e. The van der Waals surface area contributed by atoms with Crippen molar-refractivity contribution in [1.82, 2.24) is 9.55 Å². The second-order valence-corrected chi connectivity index (χ2v) is 5.17. The van der Waals surface area contributed by atoms with Crippen LogP contribution in [-0.4, -0.2) is 52.4 Å². The van der Waals surface area contributed by atoms with Crippen LogP contribution in [-0.2, 0) is 21.3 Å². The number of pyridine rings is 1. The van der Waals surface area contributed by atoms with Crippen LogP contribution in [0.1, 0.15) is 52.1 Å². The zero-order valence-corrected chi connectivity index (χ0v) is 15.0. The Morgan fingerprint density at radius 2 is 1.54 bits per heavy atom. The van der Waals surface area contributed by atoms with Crippen LogP contribution in [0, 0.1) is 0 Å². The van der Waals surface area contributed by atoms with E-state index in [-0.39, 0.29) is 47.8 Å². The molecule has 0 atom stereocenters. The average molecular weight is 364 g/mol. The zero-order chi connectivity index (χ0) is 19.4. The highest BCUT2D eigenvalue weighted by Crippen LogP contribution is 2.32. The Hall–Kier alpha value is -3.10. The fourth-order valence-corrected chi connectivity index (χ4v) is 2.48. The second kappa shape index (κ2) is 7.85. The molecule has 0 aliphatic heterocycles. The van der Waals surface area contributed by atoms with Crippen LogP contribution in [0.3, 0.4) is 0 Å². The maximum absolute atomic E-state index is 12.2. The minimum Gasteiger partial charge on any atom is -0.505 e. The SMILES string of the molecule is CCOC(=O)c1cc2c(O)c(C(=O)OCC)n(C)c2nc1C(=O)OCC. The van der Waals surface area contributed by atoms with Gasteiger partial charge in [-0.1, -0.05) is 0 Å². The Morgan fingerprint density at radius 1 is 1.00 bits per heavy atom. The van der Waals surface area contributed by atoms with Gasteiger partial charge in [0.15, 0.2) is 17.1 Å². The topological polar surface area (TPSA) is 117 Å². The van der Waals surface area contributed by atoms with Crippen molar-refractivity contribution in [1.29, 1.82) is 0 Å². The lowest BCUT2D eigenvalue weighted by Crippen LogP contribution is -2.16. The van der Waals surface area contributed by atoms with Gasteiger partial charge in [-0.05, 0) is 26.8 Å². The Morgan fingerprint density at radius 3 is 2.12 bits per heavy atom. The first-order valence-corrected chi connectivity index (χ1v) is 8.10. The van der Waals surface area contributed by atoms with Crippen molar-refractivity contribution in [2.24, 2.45) is 7.05 Å². The number of fused-ring (bicyclic) bond motifs is 1. The Labute approximate surface area is 149 Å². The first kappa shape index (κ1) is 19.2. The van der Waals surface area contributed by atoms with Gasteiger partial charge < -0.3 is 23.9 Å². The van der Waals surface area contributed by atoms with Crippen molar-refractivity contribution in [2.45, 2.75) is 20.8 Å². The minimum absolute atomic E-state index is 0.0906. The van der Waals surface area contributed by atoms with Gasteiger partial charge in [0.2, 0.25) is 0 Å². The van der Waals surface area contributed by atoms with E-state index >= 15 is 0 Å². The van der Waals surface area contributed by atoms with Crippen LogP contribution in [0.5, 0.6) is 5.75 Å². The van der Waals surface area contributed by atoms with E-state index in [0.29, 0.717) is 0 Å². The van der Waals surface area contributed by atoms with Crippen molar-refractivity contribution < 1.29 is 33.7 Å². The van der Waals surface area contributed by atoms with E-state index < -0.39 is 23.7 Å². The molecular weight excluding hydrogens is 344 g/mol. The molecule has 1 N–H and O–H groups in total. The molecule has 0 amide bonds. The maximum atomic E-state index is 12.2. The van der Waals surface area contributed by atoms with Gasteiger partial charge in [-0.25, -0.2) is 19.4 Å². The summed E-state index contributed by atoms with van der Waals surface area (Å²) in [7, 11) is 1.49. The van der Waals surface area contributed by atoms with E-state index in [1.54, 1.807) is 20.8 Å². The minimum atomic E-state index is -0.809. The number of ether oxygens (including phenoxy) is 3. The smallest absolute Gasteiger partial charge is 0.358 e. The van der Waals surface area contributed by atoms with E-state index in [0.717, 1.165) is 0 Å². The number of rotatable bonds is 6. The monoisotopic (exact) mass is 364 g/mol. The third-order valence-electron chi connectivity index (χ3n) is 3.57. The van der Waals surface area contributed by atoms with Crippen LogP contribution in [0.15, 0.2) is 6.07 Å². The molecule has 0 aliphatic carbocycles. The van der Waals surface area contributed by atoms with Crippen molar-refractivity contribution in [2.75, 3.05) is 19.8 Å². The summed E-state index contributed by atoms with van der Waals surface area (Å²) >= 11 is 0. The molecule has 2 aromatic rings. The summed E-state index contributed by atoms with van der Waals surface area (Å²) in [4.78, 5) is 40.6. The molecule has 0 bridgehead atoms. The van der Waals surface area contributed by atoms with E-state index in [1.807, 2.05) is 0 Å². The molecule has 0 saturated heterocycles. The molecule has 26 heavy (non-hydrogen) atoms. The standard InChI is InChI=1S/C17H20N2O7/c1-5-24-15(21)9-8-10-13(20)12(17(23)26-7-3)19(4)14(10)18-11(9)16(22)25-6-2/h8,20H,5-7H2,1-4H3. The third kappa shape index (κ3) is 3.32. The number of aryl methyl sites for hydroxylation is 1. The number of aromatic nitrogens is 2. The largest absolute Gasteiger partial charge is 0.505 e. The second-order valence-electron chi connectivity index (χ2n) is 5.17. The first-order chi connectivity index (χ1) is 12.4. The lowest BCUT2D eigenvalue weighted by Gasteiger charge is -2.08. The van der Waals surface area contributed by atoms with Crippen LogP contribution in [0.25, 0.3) is 11.0 Å². The van der Waals surface area contributed by atoms with Crippen LogP contribution in [0.4, 0.5) is 0 Å². The molecule has 140 valence electrons. The summed E-state index contributed by atoms with van der Waals surface area (Å²) < 4.78 is 16.1. The molecule has 0 spiro atoms. The number of aromatic hydroxyl groups is 1. The quantitative estimate of drug-likeness (QED) is 0.609. The molecule has 2 aromatic heterocycles. The summed E-state index contributed by atoms with van der Waals surface area (Å²) in [5.74, 6) is -2.74. The van der Waals surface area contributed by atoms with Gasteiger partial charge in [-0.2, -0.15) is 0 Å². The molecule has 0 radical (unpaired) electrons. The summed E-state index contributed by atoms with van der Waals surface area (Å²) in [6, 6.07) is 1.25. The Bertz CT molecular complexity index is 809. The Kier molecular flexibility index (Phi) is 5.81. The number of nitrogens with zero attached hydrogens (tertiary/aromatic N) is 2. The highest BCUT2D eigenvalue weighted by molar-refractivity contribution is 6.07.